The number of nitrogen functional groups attached to an aromatic ring is 1. The Bertz CT molecular complexity index is 740. The molecule has 0 radical (unpaired) electrons. The average molecular weight is 293 g/mol. The van der Waals surface area contributed by atoms with Crippen LogP contribution in [0.25, 0.3) is 0 Å². The van der Waals surface area contributed by atoms with Gasteiger partial charge in [0.2, 0.25) is 0 Å². The summed E-state index contributed by atoms with van der Waals surface area (Å²) < 4.78 is 0. The highest BCUT2D eigenvalue weighted by molar-refractivity contribution is 5.94. The first-order valence-electron chi connectivity index (χ1n) is 6.95. The predicted molar refractivity (Wildman–Crippen MR) is 81.9 cm³/mol. The van der Waals surface area contributed by atoms with Crippen LogP contribution in [-0.2, 0) is 12.8 Å². The van der Waals surface area contributed by atoms with E-state index in [-0.39, 0.29) is 11.6 Å². The third-order valence-corrected chi connectivity index (χ3v) is 3.79. The lowest BCUT2D eigenvalue weighted by Crippen LogP contribution is -2.30. The summed E-state index contributed by atoms with van der Waals surface area (Å²) in [5, 5.41) is 12.5. The molecule has 6 heteroatoms. The molecular weight excluding hydrogens is 278 g/mol. The van der Waals surface area contributed by atoms with Crippen molar-refractivity contribution in [2.75, 3.05) is 5.32 Å². The van der Waals surface area contributed by atoms with Crippen molar-refractivity contribution in [1.29, 1.82) is 5.26 Å². The van der Waals surface area contributed by atoms with Crippen molar-refractivity contribution >= 4 is 11.7 Å². The summed E-state index contributed by atoms with van der Waals surface area (Å²) in [6.45, 7) is 0. The molecule has 0 fully saturated rings. The van der Waals surface area contributed by atoms with Gasteiger partial charge in [-0.1, -0.05) is 24.3 Å². The summed E-state index contributed by atoms with van der Waals surface area (Å²) in [4.78, 5) is 15.7. The molecule has 0 spiro atoms. The number of nitrogens with two attached hydrogens (primary N) is 1. The number of rotatable bonds is 3. The van der Waals surface area contributed by atoms with Crippen LogP contribution in [0.3, 0.4) is 0 Å². The van der Waals surface area contributed by atoms with Gasteiger partial charge in [0.15, 0.2) is 0 Å². The molecule has 1 aromatic heterocycles. The number of nitrogens with zero attached hydrogens (tertiary/aromatic N) is 2. The fourth-order valence-electron chi connectivity index (χ4n) is 2.73. The molecule has 0 atom stereocenters. The lowest BCUT2D eigenvalue weighted by Gasteiger charge is -2.14. The number of carbonyl (C=O) groups is 1. The molecule has 3 rings (SSSR count). The van der Waals surface area contributed by atoms with E-state index in [0.29, 0.717) is 11.4 Å². The zero-order valence-corrected chi connectivity index (χ0v) is 11.8. The standard InChI is InChI=1S/C16H15N5O/c17-8-12-5-13(16(22)21-18)9-19-15(12)20-14-6-10-3-1-2-4-11(10)7-14/h1-5,9,14H,6-7,18H2,(H,19,20)(H,21,22). The van der Waals surface area contributed by atoms with Crippen LogP contribution in [0.1, 0.15) is 27.0 Å². The second-order valence-electron chi connectivity index (χ2n) is 5.22. The highest BCUT2D eigenvalue weighted by Crippen LogP contribution is 2.25. The van der Waals surface area contributed by atoms with E-state index in [1.165, 1.54) is 23.4 Å². The summed E-state index contributed by atoms with van der Waals surface area (Å²) in [7, 11) is 0. The van der Waals surface area contributed by atoms with E-state index >= 15 is 0 Å². The van der Waals surface area contributed by atoms with Crippen LogP contribution < -0.4 is 16.6 Å². The fourth-order valence-corrected chi connectivity index (χ4v) is 2.73. The third kappa shape index (κ3) is 2.62. The van der Waals surface area contributed by atoms with E-state index in [1.54, 1.807) is 0 Å². The van der Waals surface area contributed by atoms with E-state index in [2.05, 4.69) is 28.5 Å². The first-order valence-corrected chi connectivity index (χ1v) is 6.95. The number of hydrazine groups is 1. The van der Waals surface area contributed by atoms with Gasteiger partial charge in [0.05, 0.1) is 11.1 Å². The number of hydrogen-bond donors (Lipinski definition) is 3. The van der Waals surface area contributed by atoms with E-state index in [0.717, 1.165) is 12.8 Å². The van der Waals surface area contributed by atoms with E-state index < -0.39 is 5.91 Å². The minimum absolute atomic E-state index is 0.200. The molecule has 1 aromatic carbocycles. The minimum atomic E-state index is -0.469. The Kier molecular flexibility index (Phi) is 3.73. The molecule has 22 heavy (non-hydrogen) atoms. The number of nitrogens with one attached hydrogen (secondary N) is 2. The van der Waals surface area contributed by atoms with Crippen molar-refractivity contribution in [3.63, 3.8) is 0 Å². The molecule has 6 nitrogen and oxygen atoms in total. The molecule has 0 bridgehead atoms. The molecule has 1 heterocycles. The van der Waals surface area contributed by atoms with Crippen molar-refractivity contribution in [2.45, 2.75) is 18.9 Å². The first kappa shape index (κ1) is 14.0. The number of benzene rings is 1. The monoisotopic (exact) mass is 293 g/mol. The van der Waals surface area contributed by atoms with Crippen molar-refractivity contribution in [2.24, 2.45) is 5.84 Å². The third-order valence-electron chi connectivity index (χ3n) is 3.79. The Morgan fingerprint density at radius 2 is 2.00 bits per heavy atom. The topological polar surface area (TPSA) is 104 Å². The molecule has 1 aliphatic carbocycles. The SMILES string of the molecule is N#Cc1cc(C(=O)NN)cnc1NC1Cc2ccccc2C1. The second-order valence-corrected chi connectivity index (χ2v) is 5.22. The number of anilines is 1. The Labute approximate surface area is 127 Å². The van der Waals surface area contributed by atoms with E-state index in [1.807, 2.05) is 17.6 Å². The molecule has 1 aliphatic rings. The molecule has 2 aromatic rings. The molecule has 0 saturated carbocycles. The van der Waals surface area contributed by atoms with Crippen molar-refractivity contribution in [1.82, 2.24) is 10.4 Å². The second kappa shape index (κ2) is 5.84. The normalized spacial score (nSPS) is 13.3. The summed E-state index contributed by atoms with van der Waals surface area (Å²) in [5.41, 5.74) is 5.26. The van der Waals surface area contributed by atoms with Gasteiger partial charge in [-0.05, 0) is 30.0 Å². The summed E-state index contributed by atoms with van der Waals surface area (Å²) in [5.74, 6) is 5.11. The van der Waals surface area contributed by atoms with Gasteiger partial charge in [0.1, 0.15) is 11.9 Å². The lowest BCUT2D eigenvalue weighted by molar-refractivity contribution is 0.0953. The van der Waals surface area contributed by atoms with Crippen LogP contribution in [0.2, 0.25) is 0 Å². The van der Waals surface area contributed by atoms with Gasteiger partial charge in [-0.25, -0.2) is 10.8 Å². The van der Waals surface area contributed by atoms with Gasteiger partial charge >= 0.3 is 0 Å². The van der Waals surface area contributed by atoms with E-state index in [4.69, 9.17) is 5.84 Å². The maximum absolute atomic E-state index is 11.5. The highest BCUT2D eigenvalue weighted by Gasteiger charge is 2.22. The Balaban J connectivity index is 1.79. The molecule has 110 valence electrons. The number of aromatic nitrogens is 1. The van der Waals surface area contributed by atoms with Crippen molar-refractivity contribution in [3.8, 4) is 6.07 Å². The molecular formula is C16H15N5O. The fraction of sp³-hybridized carbons (Fsp3) is 0.188. The molecule has 0 aliphatic heterocycles. The Morgan fingerprint density at radius 1 is 1.32 bits per heavy atom. The number of carbonyl (C=O) groups excluding carboxylic acids is 1. The van der Waals surface area contributed by atoms with Gasteiger partial charge in [-0.15, -0.1) is 0 Å². The quantitative estimate of drug-likeness (QED) is 0.447. The Morgan fingerprint density at radius 3 is 2.59 bits per heavy atom. The van der Waals surface area contributed by atoms with Gasteiger partial charge in [0.25, 0.3) is 5.91 Å². The lowest BCUT2D eigenvalue weighted by atomic mass is 10.1. The van der Waals surface area contributed by atoms with Crippen LogP contribution in [-0.4, -0.2) is 16.9 Å². The largest absolute Gasteiger partial charge is 0.366 e. The van der Waals surface area contributed by atoms with E-state index in [9.17, 15) is 10.1 Å². The average Bonchev–Trinajstić information content (AvgIpc) is 2.96. The van der Waals surface area contributed by atoms with Gasteiger partial charge in [0, 0.05) is 12.2 Å². The predicted octanol–water partition coefficient (Wildman–Crippen LogP) is 1.14. The number of amides is 1. The zero-order chi connectivity index (χ0) is 15.5. The van der Waals surface area contributed by atoms with Crippen LogP contribution in [0.15, 0.2) is 36.5 Å². The molecule has 0 saturated heterocycles. The smallest absolute Gasteiger partial charge is 0.266 e. The molecule has 0 unspecified atom stereocenters. The van der Waals surface area contributed by atoms with Crippen LogP contribution >= 0.6 is 0 Å². The summed E-state index contributed by atoms with van der Waals surface area (Å²) in [6.07, 6.45) is 3.20. The van der Waals surface area contributed by atoms with Gasteiger partial charge in [-0.2, -0.15) is 5.26 Å². The van der Waals surface area contributed by atoms with Gasteiger partial charge in [-0.3, -0.25) is 10.2 Å². The maximum atomic E-state index is 11.5. The van der Waals surface area contributed by atoms with Crippen LogP contribution in [0.5, 0.6) is 0 Å². The number of nitriles is 1. The summed E-state index contributed by atoms with van der Waals surface area (Å²) >= 11 is 0. The number of hydrogen-bond acceptors (Lipinski definition) is 5. The molecule has 4 N–H and O–H groups in total. The van der Waals surface area contributed by atoms with Crippen molar-refractivity contribution in [3.05, 3.63) is 58.8 Å². The highest BCUT2D eigenvalue weighted by atomic mass is 16.2. The number of pyridine rings is 1. The first-order chi connectivity index (χ1) is 10.7. The van der Waals surface area contributed by atoms with Gasteiger partial charge < -0.3 is 5.32 Å². The maximum Gasteiger partial charge on any atom is 0.266 e. The Hall–Kier alpha value is -2.91. The molecule has 1 amide bonds. The van der Waals surface area contributed by atoms with Crippen LogP contribution in [0, 0.1) is 11.3 Å². The minimum Gasteiger partial charge on any atom is -0.366 e. The number of fused-ring (bicyclic) bond motifs is 1. The summed E-state index contributed by atoms with van der Waals surface area (Å²) in [6, 6.07) is 12.0. The zero-order valence-electron chi connectivity index (χ0n) is 11.8. The van der Waals surface area contributed by atoms with Crippen LogP contribution in [0.4, 0.5) is 5.82 Å². The van der Waals surface area contributed by atoms with Crippen molar-refractivity contribution < 1.29 is 4.79 Å².